The van der Waals surface area contributed by atoms with E-state index in [4.69, 9.17) is 0 Å². The van der Waals surface area contributed by atoms with Crippen LogP contribution in [0.3, 0.4) is 0 Å². The molecule has 0 aliphatic carbocycles. The number of benzene rings is 2. The first-order valence-corrected chi connectivity index (χ1v) is 5.78. The number of aliphatic carboxylic acids is 1. The third-order valence-electron chi connectivity index (χ3n) is 2.65. The minimum atomic E-state index is -0.872. The average molecular weight is 238 g/mol. The summed E-state index contributed by atoms with van der Waals surface area (Å²) < 4.78 is 0. The normalized spacial score (nSPS) is 11.2. The lowest BCUT2D eigenvalue weighted by Crippen LogP contribution is -2.03. The topological polar surface area (TPSA) is 37.3 Å². The summed E-state index contributed by atoms with van der Waals surface area (Å²) in [6, 6.07) is 19.1. The Hall–Kier alpha value is -2.35. The van der Waals surface area contributed by atoms with Crippen LogP contribution in [0.2, 0.25) is 0 Å². The minimum Gasteiger partial charge on any atom is -0.478 e. The van der Waals surface area contributed by atoms with Gasteiger partial charge in [-0.2, -0.15) is 0 Å². The Morgan fingerprint density at radius 1 is 0.944 bits per heavy atom. The second kappa shape index (κ2) is 5.82. The summed E-state index contributed by atoms with van der Waals surface area (Å²) in [5.74, 6) is -0.872. The maximum Gasteiger partial charge on any atom is 0.331 e. The van der Waals surface area contributed by atoms with E-state index in [0.29, 0.717) is 12.0 Å². The van der Waals surface area contributed by atoms with Gasteiger partial charge in [0.25, 0.3) is 0 Å². The van der Waals surface area contributed by atoms with Crippen LogP contribution in [0.5, 0.6) is 0 Å². The molecule has 2 heteroatoms. The van der Waals surface area contributed by atoms with Crippen LogP contribution in [0.1, 0.15) is 11.1 Å². The highest BCUT2D eigenvalue weighted by atomic mass is 16.4. The zero-order chi connectivity index (χ0) is 12.8. The van der Waals surface area contributed by atoms with E-state index in [1.54, 1.807) is 6.08 Å². The lowest BCUT2D eigenvalue weighted by Gasteiger charge is -2.03. The molecule has 2 nitrogen and oxygen atoms in total. The molecule has 0 saturated heterocycles. The first kappa shape index (κ1) is 12.1. The van der Waals surface area contributed by atoms with Crippen LogP contribution >= 0.6 is 0 Å². The van der Waals surface area contributed by atoms with E-state index in [0.717, 1.165) is 11.1 Å². The van der Waals surface area contributed by atoms with E-state index < -0.39 is 5.97 Å². The van der Waals surface area contributed by atoms with Crippen molar-refractivity contribution < 1.29 is 9.90 Å². The number of hydrogen-bond acceptors (Lipinski definition) is 1. The fourth-order valence-corrected chi connectivity index (χ4v) is 1.75. The molecule has 0 aliphatic heterocycles. The summed E-state index contributed by atoms with van der Waals surface area (Å²) in [5.41, 5.74) is 2.31. The Morgan fingerprint density at radius 2 is 1.50 bits per heavy atom. The predicted molar refractivity (Wildman–Crippen MR) is 72.2 cm³/mol. The fraction of sp³-hybridized carbons (Fsp3) is 0.0625. The van der Waals surface area contributed by atoms with Gasteiger partial charge in [0.1, 0.15) is 0 Å². The molecule has 90 valence electrons. The molecule has 18 heavy (non-hydrogen) atoms. The van der Waals surface area contributed by atoms with Crippen LogP contribution < -0.4 is 0 Å². The highest BCUT2D eigenvalue weighted by Gasteiger charge is 2.08. The van der Waals surface area contributed by atoms with Crippen molar-refractivity contribution in [3.63, 3.8) is 0 Å². The van der Waals surface area contributed by atoms with Gasteiger partial charge in [0, 0.05) is 12.0 Å². The van der Waals surface area contributed by atoms with Gasteiger partial charge < -0.3 is 5.11 Å². The molecule has 0 atom stereocenters. The third-order valence-corrected chi connectivity index (χ3v) is 2.65. The van der Waals surface area contributed by atoms with E-state index >= 15 is 0 Å². The summed E-state index contributed by atoms with van der Waals surface area (Å²) >= 11 is 0. The van der Waals surface area contributed by atoms with Crippen LogP contribution in [-0.2, 0) is 11.2 Å². The molecule has 0 fully saturated rings. The lowest BCUT2D eigenvalue weighted by atomic mass is 10.0. The van der Waals surface area contributed by atoms with Gasteiger partial charge in [-0.05, 0) is 17.2 Å². The second-order valence-corrected chi connectivity index (χ2v) is 4.05. The van der Waals surface area contributed by atoms with E-state index in [9.17, 15) is 9.90 Å². The largest absolute Gasteiger partial charge is 0.478 e. The van der Waals surface area contributed by atoms with Crippen molar-refractivity contribution in [2.75, 3.05) is 0 Å². The molecule has 0 amide bonds. The van der Waals surface area contributed by atoms with E-state index in [2.05, 4.69) is 0 Å². The fourth-order valence-electron chi connectivity index (χ4n) is 1.75. The van der Waals surface area contributed by atoms with Gasteiger partial charge in [-0.3, -0.25) is 0 Å². The Bertz CT molecular complexity index is 542. The summed E-state index contributed by atoms with van der Waals surface area (Å²) in [4.78, 5) is 11.2. The second-order valence-electron chi connectivity index (χ2n) is 4.05. The third kappa shape index (κ3) is 3.32. The molecule has 0 bridgehead atoms. The molecule has 0 unspecified atom stereocenters. The van der Waals surface area contributed by atoms with E-state index in [-0.39, 0.29) is 0 Å². The Kier molecular flexibility index (Phi) is 3.92. The van der Waals surface area contributed by atoms with Crippen LogP contribution in [0.25, 0.3) is 6.08 Å². The van der Waals surface area contributed by atoms with Crippen molar-refractivity contribution in [3.8, 4) is 0 Å². The number of hydrogen-bond donors (Lipinski definition) is 1. The maximum atomic E-state index is 11.2. The average Bonchev–Trinajstić information content (AvgIpc) is 2.40. The molecule has 0 radical (unpaired) electrons. The van der Waals surface area contributed by atoms with Crippen LogP contribution in [0.15, 0.2) is 66.2 Å². The van der Waals surface area contributed by atoms with Crippen molar-refractivity contribution in [2.24, 2.45) is 0 Å². The van der Waals surface area contributed by atoms with E-state index in [1.807, 2.05) is 60.7 Å². The number of carboxylic acid groups (broad SMARTS) is 1. The van der Waals surface area contributed by atoms with Crippen LogP contribution in [-0.4, -0.2) is 11.1 Å². The monoisotopic (exact) mass is 238 g/mol. The highest BCUT2D eigenvalue weighted by molar-refractivity contribution is 5.92. The van der Waals surface area contributed by atoms with Crippen molar-refractivity contribution >= 4 is 12.0 Å². The van der Waals surface area contributed by atoms with Gasteiger partial charge in [0.15, 0.2) is 0 Å². The maximum absolute atomic E-state index is 11.2. The van der Waals surface area contributed by atoms with Crippen molar-refractivity contribution in [1.82, 2.24) is 0 Å². The molecule has 2 aromatic carbocycles. The SMILES string of the molecule is O=C(O)C(=Cc1ccccc1)Cc1ccccc1. The van der Waals surface area contributed by atoms with Crippen LogP contribution in [0.4, 0.5) is 0 Å². The molecular formula is C16H14O2. The predicted octanol–water partition coefficient (Wildman–Crippen LogP) is 3.40. The standard InChI is InChI=1S/C16H14O2/c17-16(18)15(11-13-7-3-1-4-8-13)12-14-9-5-2-6-10-14/h1-11H,12H2,(H,17,18). The zero-order valence-electron chi connectivity index (χ0n) is 9.91. The summed E-state index contributed by atoms with van der Waals surface area (Å²) in [7, 11) is 0. The Balaban J connectivity index is 2.25. The van der Waals surface area contributed by atoms with E-state index in [1.165, 1.54) is 0 Å². The Morgan fingerprint density at radius 3 is 2.06 bits per heavy atom. The first-order chi connectivity index (χ1) is 8.75. The van der Waals surface area contributed by atoms with Crippen molar-refractivity contribution in [2.45, 2.75) is 6.42 Å². The van der Waals surface area contributed by atoms with Crippen molar-refractivity contribution in [3.05, 3.63) is 77.4 Å². The molecule has 2 rings (SSSR count). The van der Waals surface area contributed by atoms with Gasteiger partial charge in [-0.25, -0.2) is 4.79 Å². The van der Waals surface area contributed by atoms with Crippen molar-refractivity contribution in [1.29, 1.82) is 0 Å². The quantitative estimate of drug-likeness (QED) is 0.829. The van der Waals surface area contributed by atoms with Gasteiger partial charge >= 0.3 is 5.97 Å². The molecule has 0 saturated carbocycles. The first-order valence-electron chi connectivity index (χ1n) is 5.78. The number of carbonyl (C=O) groups is 1. The molecule has 1 N–H and O–H groups in total. The van der Waals surface area contributed by atoms with Gasteiger partial charge in [0.2, 0.25) is 0 Å². The lowest BCUT2D eigenvalue weighted by molar-refractivity contribution is -0.132. The molecule has 0 aromatic heterocycles. The molecule has 0 heterocycles. The van der Waals surface area contributed by atoms with Gasteiger partial charge in [-0.1, -0.05) is 60.7 Å². The summed E-state index contributed by atoms with van der Waals surface area (Å²) in [6.07, 6.45) is 2.15. The van der Waals surface area contributed by atoms with Crippen LogP contribution in [0, 0.1) is 0 Å². The zero-order valence-corrected chi connectivity index (χ0v) is 9.91. The molecule has 2 aromatic rings. The molecule has 0 aliphatic rings. The number of rotatable bonds is 4. The summed E-state index contributed by atoms with van der Waals surface area (Å²) in [5, 5.41) is 9.23. The minimum absolute atomic E-state index is 0.396. The number of carboxylic acids is 1. The van der Waals surface area contributed by atoms with Gasteiger partial charge in [-0.15, -0.1) is 0 Å². The molecular weight excluding hydrogens is 224 g/mol. The smallest absolute Gasteiger partial charge is 0.331 e. The summed E-state index contributed by atoms with van der Waals surface area (Å²) in [6.45, 7) is 0. The Labute approximate surface area is 106 Å². The van der Waals surface area contributed by atoms with Gasteiger partial charge in [0.05, 0.1) is 0 Å². The molecule has 0 spiro atoms. The highest BCUT2D eigenvalue weighted by Crippen LogP contribution is 2.12.